The SMILES string of the molecule is N.O=S(=O)([O-])[O-].[Fe+2]. The number of hydrogen-bond acceptors (Lipinski definition) is 5. The molecule has 0 bridgehead atoms. The summed E-state index contributed by atoms with van der Waals surface area (Å²) < 4.78 is 34.1. The second-order valence-corrected chi connectivity index (χ2v) is 1.22. The van der Waals surface area contributed by atoms with Gasteiger partial charge in [-0.15, -0.1) is 0 Å². The first-order valence-corrected chi connectivity index (χ1v) is 2.00. The summed E-state index contributed by atoms with van der Waals surface area (Å²) in [6.07, 6.45) is 0. The monoisotopic (exact) mass is 169 g/mol. The van der Waals surface area contributed by atoms with Crippen LogP contribution in [0.25, 0.3) is 0 Å². The van der Waals surface area contributed by atoms with Gasteiger partial charge in [0, 0.05) is 10.4 Å². The molecule has 0 rings (SSSR count). The van der Waals surface area contributed by atoms with Crippen molar-refractivity contribution in [2.24, 2.45) is 0 Å². The van der Waals surface area contributed by atoms with Crippen LogP contribution in [0.2, 0.25) is 0 Å². The Morgan fingerprint density at radius 2 is 1.14 bits per heavy atom. The average Bonchev–Trinajstić information content (AvgIpc) is 0.722. The third-order valence-corrected chi connectivity index (χ3v) is 0. The van der Waals surface area contributed by atoms with E-state index in [1.807, 2.05) is 0 Å². The van der Waals surface area contributed by atoms with E-state index < -0.39 is 10.4 Å². The third-order valence-electron chi connectivity index (χ3n) is 0. The van der Waals surface area contributed by atoms with Crippen molar-refractivity contribution < 1.29 is 34.6 Å². The van der Waals surface area contributed by atoms with Gasteiger partial charge in [-0.2, -0.15) is 0 Å². The molecule has 0 amide bonds. The van der Waals surface area contributed by atoms with Crippen molar-refractivity contribution in [1.29, 1.82) is 0 Å². The number of hydrogen-bond donors (Lipinski definition) is 1. The van der Waals surface area contributed by atoms with Crippen LogP contribution in [0.1, 0.15) is 0 Å². The van der Waals surface area contributed by atoms with E-state index in [0.717, 1.165) is 0 Å². The summed E-state index contributed by atoms with van der Waals surface area (Å²) in [4.78, 5) is 0. The fraction of sp³-hybridized carbons (Fsp3) is 0. The maximum Gasteiger partial charge on any atom is 2.00 e. The Bertz CT molecular complexity index is 94.9. The van der Waals surface area contributed by atoms with Gasteiger partial charge in [-0.25, -0.2) is 0 Å². The largest absolute Gasteiger partial charge is 2.00 e. The maximum absolute atomic E-state index is 8.52. The summed E-state index contributed by atoms with van der Waals surface area (Å²) in [5.74, 6) is 0. The summed E-state index contributed by atoms with van der Waals surface area (Å²) in [6, 6.07) is 0. The average molecular weight is 169 g/mol. The maximum atomic E-state index is 8.52. The zero-order valence-corrected chi connectivity index (χ0v) is 5.02. The second kappa shape index (κ2) is 4.51. The van der Waals surface area contributed by atoms with Crippen LogP contribution >= 0.6 is 0 Å². The Morgan fingerprint density at radius 1 is 1.14 bits per heavy atom. The predicted octanol–water partition coefficient (Wildman–Crippen LogP) is -1.18. The van der Waals surface area contributed by atoms with Crippen LogP contribution in [0.4, 0.5) is 0 Å². The van der Waals surface area contributed by atoms with Crippen LogP contribution in [0.15, 0.2) is 0 Å². The van der Waals surface area contributed by atoms with Crippen LogP contribution in [0.5, 0.6) is 0 Å². The van der Waals surface area contributed by atoms with Gasteiger partial charge in [0.05, 0.1) is 0 Å². The van der Waals surface area contributed by atoms with Crippen LogP contribution in [0.3, 0.4) is 0 Å². The van der Waals surface area contributed by atoms with E-state index in [0.29, 0.717) is 0 Å². The van der Waals surface area contributed by atoms with Crippen molar-refractivity contribution in [3.8, 4) is 0 Å². The fourth-order valence-corrected chi connectivity index (χ4v) is 0. The van der Waals surface area contributed by atoms with Crippen molar-refractivity contribution in [1.82, 2.24) is 6.15 Å². The van der Waals surface area contributed by atoms with Gasteiger partial charge >= 0.3 is 17.1 Å². The summed E-state index contributed by atoms with van der Waals surface area (Å²) >= 11 is 0. The van der Waals surface area contributed by atoms with E-state index in [4.69, 9.17) is 17.5 Å². The van der Waals surface area contributed by atoms with Crippen LogP contribution in [0, 0.1) is 0 Å². The van der Waals surface area contributed by atoms with Crippen molar-refractivity contribution >= 4 is 10.4 Å². The standard InChI is InChI=1S/Fe.H3N.H2O4S/c;;1-5(2,3)4/h;1H3;(H2,1,2,3,4)/q+2;;/p-2. The van der Waals surface area contributed by atoms with E-state index >= 15 is 0 Å². The van der Waals surface area contributed by atoms with Gasteiger partial charge in [-0.05, 0) is 0 Å². The first-order valence-electron chi connectivity index (χ1n) is 0.667. The molecule has 0 aliphatic heterocycles. The van der Waals surface area contributed by atoms with E-state index in [-0.39, 0.29) is 23.2 Å². The van der Waals surface area contributed by atoms with Gasteiger partial charge < -0.3 is 15.3 Å². The molecule has 0 saturated heterocycles. The third kappa shape index (κ3) is 983. The molecule has 0 spiro atoms. The smallest absolute Gasteiger partial charge is 0.759 e. The quantitative estimate of drug-likeness (QED) is 0.278. The summed E-state index contributed by atoms with van der Waals surface area (Å²) in [5.41, 5.74) is 0. The molecule has 0 unspecified atom stereocenters. The molecule has 0 atom stereocenters. The van der Waals surface area contributed by atoms with E-state index in [9.17, 15) is 0 Å². The molecule has 46 valence electrons. The summed E-state index contributed by atoms with van der Waals surface area (Å²) in [7, 11) is -5.17. The molecule has 5 nitrogen and oxygen atoms in total. The van der Waals surface area contributed by atoms with Gasteiger partial charge in [0.25, 0.3) is 0 Å². The molecular weight excluding hydrogens is 166 g/mol. The topological polar surface area (TPSA) is 115 Å². The Kier molecular flexibility index (Phi) is 10.1. The Balaban J connectivity index is -0.0000000800. The van der Waals surface area contributed by atoms with Gasteiger partial charge in [0.15, 0.2) is 0 Å². The van der Waals surface area contributed by atoms with Gasteiger partial charge in [0.1, 0.15) is 0 Å². The van der Waals surface area contributed by atoms with Crippen molar-refractivity contribution in [3.05, 3.63) is 0 Å². The van der Waals surface area contributed by atoms with Crippen molar-refractivity contribution in [3.63, 3.8) is 0 Å². The van der Waals surface area contributed by atoms with Crippen LogP contribution in [-0.4, -0.2) is 17.5 Å². The number of rotatable bonds is 0. The van der Waals surface area contributed by atoms with Crippen LogP contribution in [-0.2, 0) is 27.5 Å². The molecule has 0 aliphatic carbocycles. The minimum absolute atomic E-state index is 0. The van der Waals surface area contributed by atoms with E-state index in [2.05, 4.69) is 0 Å². The zero-order chi connectivity index (χ0) is 4.50. The van der Waals surface area contributed by atoms with Crippen molar-refractivity contribution in [2.45, 2.75) is 0 Å². The second-order valence-electron chi connectivity index (χ2n) is 0.408. The molecule has 0 aliphatic rings. The minimum Gasteiger partial charge on any atom is -0.759 e. The van der Waals surface area contributed by atoms with E-state index in [1.54, 1.807) is 0 Å². The normalized spacial score (nSPS) is 8.29. The molecule has 0 aromatic rings. The van der Waals surface area contributed by atoms with Gasteiger partial charge in [-0.3, -0.25) is 8.42 Å². The Hall–Kier alpha value is 0.349. The van der Waals surface area contributed by atoms with Gasteiger partial charge in [-0.1, -0.05) is 0 Å². The Labute approximate surface area is 51.7 Å². The van der Waals surface area contributed by atoms with Crippen molar-refractivity contribution in [2.75, 3.05) is 0 Å². The molecular formula is H3FeNO4S. The molecule has 0 heterocycles. The molecule has 7 heavy (non-hydrogen) atoms. The minimum atomic E-state index is -5.17. The van der Waals surface area contributed by atoms with Crippen LogP contribution < -0.4 is 6.15 Å². The summed E-state index contributed by atoms with van der Waals surface area (Å²) in [5, 5.41) is 0. The van der Waals surface area contributed by atoms with Gasteiger partial charge in [0.2, 0.25) is 0 Å². The predicted molar refractivity (Wildman–Crippen MR) is 15.5 cm³/mol. The molecule has 0 fully saturated rings. The molecule has 0 aromatic heterocycles. The molecule has 7 heteroatoms. The summed E-state index contributed by atoms with van der Waals surface area (Å²) in [6.45, 7) is 0. The first-order chi connectivity index (χ1) is 2.00. The molecule has 0 aromatic carbocycles. The zero-order valence-electron chi connectivity index (χ0n) is 3.10. The van der Waals surface area contributed by atoms with E-state index in [1.165, 1.54) is 0 Å². The first kappa shape index (κ1) is 15.7. The molecule has 0 radical (unpaired) electrons. The Morgan fingerprint density at radius 3 is 1.14 bits per heavy atom. The fourth-order valence-electron chi connectivity index (χ4n) is 0. The molecule has 0 saturated carbocycles. The molecule has 3 N–H and O–H groups in total.